The Bertz CT molecular complexity index is 490. The second-order valence-corrected chi connectivity index (χ2v) is 3.65. The van der Waals surface area contributed by atoms with Gasteiger partial charge in [0.2, 0.25) is 0 Å². The van der Waals surface area contributed by atoms with Crippen molar-refractivity contribution in [3.05, 3.63) is 28.0 Å². The second-order valence-electron chi connectivity index (χ2n) is 3.27. The van der Waals surface area contributed by atoms with E-state index in [2.05, 4.69) is 9.72 Å². The Kier molecular flexibility index (Phi) is 4.67. The summed E-state index contributed by atoms with van der Waals surface area (Å²) in [6, 6.07) is 0. The Hall–Kier alpha value is -1.44. The Morgan fingerprint density at radius 1 is 1.47 bits per heavy atom. The molecule has 0 spiro atoms. The highest BCUT2D eigenvalue weighted by Gasteiger charge is 2.39. The summed E-state index contributed by atoms with van der Waals surface area (Å²) in [6.45, 7) is 1.29. The zero-order chi connectivity index (χ0) is 14.8. The summed E-state index contributed by atoms with van der Waals surface area (Å²) >= 11 is 5.27. The normalized spacial score (nSPS) is 11.8. The molecule has 3 nitrogen and oxygen atoms in total. The zero-order valence-corrected chi connectivity index (χ0v) is 10.1. The molecule has 0 aliphatic carbocycles. The van der Waals surface area contributed by atoms with Crippen LogP contribution in [0.2, 0.25) is 5.02 Å². The van der Waals surface area contributed by atoms with Gasteiger partial charge in [-0.25, -0.2) is 18.6 Å². The number of ether oxygens (including phenoxy) is 1. The quantitative estimate of drug-likeness (QED) is 0.628. The van der Waals surface area contributed by atoms with Gasteiger partial charge in [-0.2, -0.15) is 13.2 Å². The first kappa shape index (κ1) is 15.6. The Balaban J connectivity index is 3.45. The van der Waals surface area contributed by atoms with Gasteiger partial charge in [-0.1, -0.05) is 11.6 Å². The first-order valence-electron chi connectivity index (χ1n) is 4.91. The monoisotopic (exact) mass is 303 g/mol. The minimum atomic E-state index is -4.99. The van der Waals surface area contributed by atoms with Gasteiger partial charge < -0.3 is 4.74 Å². The molecule has 0 fully saturated rings. The Morgan fingerprint density at radius 2 is 2.05 bits per heavy atom. The van der Waals surface area contributed by atoms with Gasteiger partial charge in [-0.05, 0) is 6.92 Å². The molecular weight excluding hydrogens is 297 g/mol. The SMILES string of the molecule is CCOC(=O)c1cnc(C(F)(F)F)c(Cl)c1C(F)F. The van der Waals surface area contributed by atoms with Crippen LogP contribution in [0.3, 0.4) is 0 Å². The minimum absolute atomic E-state index is 0.125. The van der Waals surface area contributed by atoms with Gasteiger partial charge in [0.05, 0.1) is 22.8 Å². The molecule has 0 saturated heterocycles. The highest BCUT2D eigenvalue weighted by atomic mass is 35.5. The van der Waals surface area contributed by atoms with Crippen LogP contribution in [-0.2, 0) is 10.9 Å². The number of rotatable bonds is 3. The zero-order valence-electron chi connectivity index (χ0n) is 9.39. The summed E-state index contributed by atoms with van der Waals surface area (Å²) in [4.78, 5) is 14.3. The summed E-state index contributed by atoms with van der Waals surface area (Å²) < 4.78 is 67.4. The van der Waals surface area contributed by atoms with Crippen molar-refractivity contribution >= 4 is 17.6 Å². The molecule has 19 heavy (non-hydrogen) atoms. The van der Waals surface area contributed by atoms with E-state index in [-0.39, 0.29) is 6.61 Å². The van der Waals surface area contributed by atoms with Crippen molar-refractivity contribution in [3.8, 4) is 0 Å². The third-order valence-corrected chi connectivity index (χ3v) is 2.42. The standard InChI is InChI=1S/C10H7ClF5NO2/c1-2-19-9(18)4-3-17-7(10(14,15)16)6(11)5(4)8(12)13/h3,8H,2H2,1H3. The van der Waals surface area contributed by atoms with Gasteiger partial charge in [0.15, 0.2) is 5.69 Å². The Morgan fingerprint density at radius 3 is 2.47 bits per heavy atom. The molecule has 1 aromatic rings. The molecule has 0 aliphatic rings. The number of aromatic nitrogens is 1. The number of halogens is 6. The van der Waals surface area contributed by atoms with E-state index in [1.807, 2.05) is 0 Å². The third-order valence-electron chi connectivity index (χ3n) is 2.04. The molecule has 0 unspecified atom stereocenters. The van der Waals surface area contributed by atoms with Crippen LogP contribution in [-0.4, -0.2) is 17.6 Å². The van der Waals surface area contributed by atoms with Gasteiger partial charge in [0.1, 0.15) is 0 Å². The molecule has 1 aromatic heterocycles. The average Bonchev–Trinajstić information content (AvgIpc) is 2.26. The van der Waals surface area contributed by atoms with Crippen LogP contribution in [0, 0.1) is 0 Å². The van der Waals surface area contributed by atoms with Gasteiger partial charge in [0, 0.05) is 6.20 Å². The van der Waals surface area contributed by atoms with Crippen LogP contribution in [0.4, 0.5) is 22.0 Å². The first-order valence-corrected chi connectivity index (χ1v) is 5.28. The smallest absolute Gasteiger partial charge is 0.434 e. The van der Waals surface area contributed by atoms with Crippen molar-refractivity contribution in [2.75, 3.05) is 6.61 Å². The maximum absolute atomic E-state index is 12.8. The number of esters is 1. The first-order chi connectivity index (χ1) is 8.70. The maximum Gasteiger partial charge on any atom is 0.434 e. The van der Waals surface area contributed by atoms with Gasteiger partial charge in [-0.15, -0.1) is 0 Å². The lowest BCUT2D eigenvalue weighted by atomic mass is 10.1. The topological polar surface area (TPSA) is 39.2 Å². The van der Waals surface area contributed by atoms with E-state index in [1.54, 1.807) is 0 Å². The lowest BCUT2D eigenvalue weighted by molar-refractivity contribution is -0.141. The van der Waals surface area contributed by atoms with Gasteiger partial charge in [0.25, 0.3) is 6.43 Å². The fourth-order valence-electron chi connectivity index (χ4n) is 1.28. The lowest BCUT2D eigenvalue weighted by Gasteiger charge is -2.14. The number of hydrogen-bond donors (Lipinski definition) is 0. The predicted molar refractivity (Wildman–Crippen MR) is 55.2 cm³/mol. The van der Waals surface area contributed by atoms with Crippen LogP contribution in [0.25, 0.3) is 0 Å². The van der Waals surface area contributed by atoms with Gasteiger partial charge in [-0.3, -0.25) is 0 Å². The summed E-state index contributed by atoms with van der Waals surface area (Å²) in [7, 11) is 0. The van der Waals surface area contributed by atoms with Crippen LogP contribution < -0.4 is 0 Å². The van der Waals surface area contributed by atoms with Crippen molar-refractivity contribution in [1.29, 1.82) is 0 Å². The molecule has 0 saturated carbocycles. The van der Waals surface area contributed by atoms with Crippen LogP contribution in [0.1, 0.15) is 35.0 Å². The summed E-state index contributed by atoms with van der Waals surface area (Å²) in [5.74, 6) is -1.21. The van der Waals surface area contributed by atoms with E-state index in [0.29, 0.717) is 6.20 Å². The lowest BCUT2D eigenvalue weighted by Crippen LogP contribution is -2.15. The molecule has 9 heteroatoms. The molecule has 0 radical (unpaired) electrons. The van der Waals surface area contributed by atoms with E-state index in [9.17, 15) is 26.7 Å². The van der Waals surface area contributed by atoms with Crippen molar-refractivity contribution < 1.29 is 31.5 Å². The molecule has 0 amide bonds. The minimum Gasteiger partial charge on any atom is -0.462 e. The summed E-state index contributed by atoms with van der Waals surface area (Å²) in [6.07, 6.45) is -7.97. The highest BCUT2D eigenvalue weighted by Crippen LogP contribution is 2.39. The fraction of sp³-hybridized carbons (Fsp3) is 0.400. The number of alkyl halides is 5. The van der Waals surface area contributed by atoms with E-state index in [4.69, 9.17) is 11.6 Å². The number of pyridine rings is 1. The Labute approximate surface area is 109 Å². The van der Waals surface area contributed by atoms with Crippen LogP contribution in [0.5, 0.6) is 0 Å². The molecule has 0 atom stereocenters. The third kappa shape index (κ3) is 3.31. The number of carbonyl (C=O) groups is 1. The average molecular weight is 304 g/mol. The molecule has 1 heterocycles. The number of nitrogens with zero attached hydrogens (tertiary/aromatic N) is 1. The second kappa shape index (κ2) is 5.68. The number of hydrogen-bond acceptors (Lipinski definition) is 3. The van der Waals surface area contributed by atoms with Crippen molar-refractivity contribution in [2.24, 2.45) is 0 Å². The van der Waals surface area contributed by atoms with E-state index in [1.165, 1.54) is 6.92 Å². The molecule has 106 valence electrons. The molecule has 1 rings (SSSR count). The van der Waals surface area contributed by atoms with Gasteiger partial charge >= 0.3 is 12.1 Å². The van der Waals surface area contributed by atoms with Crippen LogP contribution >= 0.6 is 11.6 Å². The predicted octanol–water partition coefficient (Wildman–Crippen LogP) is 3.87. The number of carbonyl (C=O) groups excluding carboxylic acids is 1. The summed E-state index contributed by atoms with van der Waals surface area (Å²) in [5, 5.41) is -1.30. The fourth-order valence-corrected chi connectivity index (χ4v) is 1.62. The molecule has 0 N–H and O–H groups in total. The molecule has 0 aliphatic heterocycles. The maximum atomic E-state index is 12.8. The van der Waals surface area contributed by atoms with Crippen LogP contribution in [0.15, 0.2) is 6.20 Å². The van der Waals surface area contributed by atoms with E-state index >= 15 is 0 Å². The summed E-state index contributed by atoms with van der Waals surface area (Å²) in [5.41, 5.74) is -3.69. The molecule has 0 aromatic carbocycles. The highest BCUT2D eigenvalue weighted by molar-refractivity contribution is 6.32. The van der Waals surface area contributed by atoms with Crippen molar-refractivity contribution in [1.82, 2.24) is 4.98 Å². The van der Waals surface area contributed by atoms with Crippen molar-refractivity contribution in [2.45, 2.75) is 19.5 Å². The van der Waals surface area contributed by atoms with Crippen molar-refractivity contribution in [3.63, 3.8) is 0 Å². The molecular formula is C10H7ClF5NO2. The largest absolute Gasteiger partial charge is 0.462 e. The van der Waals surface area contributed by atoms with E-state index in [0.717, 1.165) is 0 Å². The van der Waals surface area contributed by atoms with E-state index < -0.39 is 40.4 Å². The molecule has 0 bridgehead atoms.